The summed E-state index contributed by atoms with van der Waals surface area (Å²) in [5, 5.41) is 26.0. The minimum Gasteiger partial charge on any atom is -0.505 e. The summed E-state index contributed by atoms with van der Waals surface area (Å²) in [7, 11) is 6.34. The summed E-state index contributed by atoms with van der Waals surface area (Å²) < 4.78 is 10.2. The Labute approximate surface area is 323 Å². The van der Waals surface area contributed by atoms with Crippen LogP contribution >= 0.6 is 0 Å². The Morgan fingerprint density at radius 2 is 1.68 bits per heavy atom. The molecule has 17 nitrogen and oxygen atoms in total. The molecule has 56 heavy (non-hydrogen) atoms. The molecular weight excluding hydrogens is 730 g/mol. The molecule has 0 saturated heterocycles. The van der Waals surface area contributed by atoms with E-state index in [9.17, 15) is 48.6 Å². The second-order valence-electron chi connectivity index (χ2n) is 14.9. The first-order chi connectivity index (χ1) is 26.4. The molecule has 2 aromatic rings. The SMILES string of the molecule is CCCCN(CC(=O)Nc1cc(N(C)C)c2c(c1O)C(=O)C1C(=O)[C@]3(O)C(=O)C(C(N)=O)C(=O)[C@@H](N(C)C)[C@@H]3C[C@@H]1C2)C(=O)OCOC(=O)Cc1ccccc1. The highest BCUT2D eigenvalue weighted by molar-refractivity contribution is 6.32. The van der Waals surface area contributed by atoms with E-state index in [1.54, 1.807) is 49.3 Å². The van der Waals surface area contributed by atoms with Crippen molar-refractivity contribution in [3.05, 3.63) is 53.1 Å². The zero-order chi connectivity index (χ0) is 41.2. The molecule has 0 bridgehead atoms. The maximum Gasteiger partial charge on any atom is 0.413 e. The number of ketones is 4. The predicted molar refractivity (Wildman–Crippen MR) is 198 cm³/mol. The number of esters is 1. The number of rotatable bonds is 13. The van der Waals surface area contributed by atoms with Gasteiger partial charge in [-0.3, -0.25) is 43.4 Å². The molecule has 2 fully saturated rings. The quantitative estimate of drug-likeness (QED) is 0.0955. The van der Waals surface area contributed by atoms with Crippen molar-refractivity contribution in [2.45, 2.75) is 50.7 Å². The minimum absolute atomic E-state index is 0.0215. The second-order valence-corrected chi connectivity index (χ2v) is 14.9. The molecule has 2 aromatic carbocycles. The van der Waals surface area contributed by atoms with Crippen LogP contribution in [0.25, 0.3) is 0 Å². The minimum atomic E-state index is -2.89. The fourth-order valence-electron chi connectivity index (χ4n) is 8.14. The number of aliphatic hydroxyl groups is 1. The molecule has 3 aliphatic carbocycles. The standard InChI is InChI=1S/C39H47N5O12/c1-6-7-13-44(38(53)56-19-55-27(46)14-20-11-9-8-10-12-20)18-26(45)41-24-17-25(42(2)3)22-15-21-16-23-31(43(4)5)34(49)30(37(40)52)36(51)39(23,54)35(50)28(21)33(48)29(22)32(24)47/h8-12,17,21,23,28,30-31,47,54H,6-7,13-16,18-19H2,1-5H3,(H2,40,52)(H,41,45)/t21-,23-,28?,30?,31-,39-/m0/s1. The molecule has 300 valence electrons. The van der Waals surface area contributed by atoms with Gasteiger partial charge < -0.3 is 35.6 Å². The van der Waals surface area contributed by atoms with Gasteiger partial charge >= 0.3 is 12.1 Å². The number of carbonyl (C=O) groups excluding carboxylic acids is 8. The van der Waals surface area contributed by atoms with Crippen LogP contribution in [-0.4, -0.2) is 127 Å². The Kier molecular flexibility index (Phi) is 12.3. The third kappa shape index (κ3) is 7.73. The lowest BCUT2D eigenvalue weighted by Crippen LogP contribution is -2.74. The summed E-state index contributed by atoms with van der Waals surface area (Å²) in [6.45, 7) is 0.737. The third-order valence-corrected chi connectivity index (χ3v) is 10.8. The van der Waals surface area contributed by atoms with Crippen molar-refractivity contribution in [3.8, 4) is 5.75 Å². The number of hydrogen-bond donors (Lipinski definition) is 4. The third-order valence-electron chi connectivity index (χ3n) is 10.8. The number of Topliss-reactive ketones (excluding diaryl/α,β-unsaturated/α-hetero) is 4. The summed E-state index contributed by atoms with van der Waals surface area (Å²) in [5.41, 5.74) is 3.44. The number of fused-ring (bicyclic) bond motifs is 3. The molecule has 3 aliphatic rings. The zero-order valence-corrected chi connectivity index (χ0v) is 31.9. The van der Waals surface area contributed by atoms with Crippen LogP contribution in [0.4, 0.5) is 16.2 Å². The van der Waals surface area contributed by atoms with Gasteiger partial charge in [-0.2, -0.15) is 0 Å². The molecule has 6 atom stereocenters. The average Bonchev–Trinajstić information content (AvgIpc) is 3.12. The van der Waals surface area contributed by atoms with Crippen molar-refractivity contribution < 1.29 is 58.0 Å². The summed E-state index contributed by atoms with van der Waals surface area (Å²) in [6, 6.07) is 9.02. The van der Waals surface area contributed by atoms with E-state index in [1.165, 1.54) is 25.1 Å². The van der Waals surface area contributed by atoms with E-state index >= 15 is 0 Å². The van der Waals surface area contributed by atoms with Crippen molar-refractivity contribution in [1.82, 2.24) is 9.80 Å². The molecule has 0 aliphatic heterocycles. The van der Waals surface area contributed by atoms with Crippen LogP contribution in [0.5, 0.6) is 5.75 Å². The average molecular weight is 778 g/mol. The maximum absolute atomic E-state index is 14.3. The van der Waals surface area contributed by atoms with E-state index in [1.807, 2.05) is 6.92 Å². The van der Waals surface area contributed by atoms with Crippen molar-refractivity contribution in [1.29, 1.82) is 0 Å². The van der Waals surface area contributed by atoms with Crippen molar-refractivity contribution in [2.24, 2.45) is 29.4 Å². The van der Waals surface area contributed by atoms with E-state index in [0.717, 1.165) is 4.90 Å². The number of nitrogens with two attached hydrogens (primary N) is 1. The number of hydrogen-bond acceptors (Lipinski definition) is 14. The van der Waals surface area contributed by atoms with Gasteiger partial charge in [0.05, 0.1) is 29.6 Å². The number of ether oxygens (including phenoxy) is 2. The first-order valence-corrected chi connectivity index (χ1v) is 18.3. The zero-order valence-electron chi connectivity index (χ0n) is 31.9. The Hall–Kier alpha value is -5.68. The van der Waals surface area contributed by atoms with E-state index < -0.39 is 101 Å². The van der Waals surface area contributed by atoms with E-state index in [-0.39, 0.29) is 37.1 Å². The van der Waals surface area contributed by atoms with Gasteiger partial charge in [-0.15, -0.1) is 0 Å². The topological polar surface area (TPSA) is 243 Å². The number of amides is 3. The van der Waals surface area contributed by atoms with Gasteiger partial charge in [-0.25, -0.2) is 4.79 Å². The molecule has 0 radical (unpaired) electrons. The van der Waals surface area contributed by atoms with Gasteiger partial charge in [0.2, 0.25) is 18.6 Å². The van der Waals surface area contributed by atoms with Gasteiger partial charge in [0.1, 0.15) is 12.3 Å². The molecule has 0 heterocycles. The summed E-state index contributed by atoms with van der Waals surface area (Å²) in [5.74, 6) is -13.6. The number of carbonyl (C=O) groups is 8. The van der Waals surface area contributed by atoms with Gasteiger partial charge in [0, 0.05) is 32.2 Å². The molecule has 0 aromatic heterocycles. The highest BCUT2D eigenvalue weighted by Gasteiger charge is 2.69. The number of primary amides is 1. The van der Waals surface area contributed by atoms with Crippen LogP contribution < -0.4 is 16.0 Å². The lowest BCUT2D eigenvalue weighted by atomic mass is 9.52. The number of benzene rings is 2. The van der Waals surface area contributed by atoms with Crippen LogP contribution in [0.15, 0.2) is 36.4 Å². The van der Waals surface area contributed by atoms with E-state index in [2.05, 4.69) is 5.32 Å². The smallest absolute Gasteiger partial charge is 0.413 e. The summed E-state index contributed by atoms with van der Waals surface area (Å²) >= 11 is 0. The van der Waals surface area contributed by atoms with Gasteiger partial charge in [-0.1, -0.05) is 43.7 Å². The number of likely N-dealkylation sites (N-methyl/N-ethyl adjacent to an activating group) is 1. The fourth-order valence-corrected chi connectivity index (χ4v) is 8.14. The Morgan fingerprint density at radius 1 is 1.00 bits per heavy atom. The number of anilines is 2. The van der Waals surface area contributed by atoms with Crippen LogP contribution in [0.3, 0.4) is 0 Å². The Balaban J connectivity index is 1.38. The van der Waals surface area contributed by atoms with E-state index in [4.69, 9.17) is 15.2 Å². The Morgan fingerprint density at radius 3 is 2.29 bits per heavy atom. The molecule has 2 saturated carbocycles. The van der Waals surface area contributed by atoms with Crippen LogP contribution in [0, 0.1) is 23.7 Å². The lowest BCUT2D eigenvalue weighted by molar-refractivity contribution is -0.181. The monoisotopic (exact) mass is 777 g/mol. The number of unbranched alkanes of at least 4 members (excludes halogenated alkanes) is 1. The van der Waals surface area contributed by atoms with Crippen molar-refractivity contribution in [2.75, 3.05) is 58.3 Å². The first kappa shape index (κ1) is 41.5. The van der Waals surface area contributed by atoms with Crippen LogP contribution in [0.1, 0.15) is 47.7 Å². The maximum atomic E-state index is 14.3. The molecule has 5 rings (SSSR count). The van der Waals surface area contributed by atoms with Crippen molar-refractivity contribution >= 4 is 58.4 Å². The Bertz CT molecular complexity index is 1950. The molecule has 0 spiro atoms. The number of nitrogens with one attached hydrogen (secondary N) is 1. The first-order valence-electron chi connectivity index (χ1n) is 18.3. The molecule has 17 heteroatoms. The number of aromatic hydroxyl groups is 1. The number of nitrogens with zero attached hydrogens (tertiary/aromatic N) is 3. The largest absolute Gasteiger partial charge is 0.505 e. The van der Waals surface area contributed by atoms with Gasteiger partial charge in [0.25, 0.3) is 0 Å². The second kappa shape index (κ2) is 16.6. The molecular formula is C39H47N5O12. The highest BCUT2D eigenvalue weighted by Crippen LogP contribution is 2.52. The molecule has 5 N–H and O–H groups in total. The number of phenols is 1. The van der Waals surface area contributed by atoms with Crippen molar-refractivity contribution in [3.63, 3.8) is 0 Å². The molecule has 3 amide bonds. The number of phenolic OH excluding ortho intramolecular Hbond substituents is 1. The van der Waals surface area contributed by atoms with Crippen LogP contribution in [-0.2, 0) is 51.1 Å². The van der Waals surface area contributed by atoms with Crippen LogP contribution in [0.2, 0.25) is 0 Å². The summed E-state index contributed by atoms with van der Waals surface area (Å²) in [4.78, 5) is 111. The lowest BCUT2D eigenvalue weighted by Gasteiger charge is -2.52. The van der Waals surface area contributed by atoms with Gasteiger partial charge in [-0.05, 0) is 56.5 Å². The van der Waals surface area contributed by atoms with Gasteiger partial charge in [0.15, 0.2) is 34.7 Å². The molecule has 2 unspecified atom stereocenters. The highest BCUT2D eigenvalue weighted by atomic mass is 16.7. The predicted octanol–water partition coefficient (Wildman–Crippen LogP) is 0.854. The normalized spacial score (nSPS) is 24.1. The van der Waals surface area contributed by atoms with E-state index in [0.29, 0.717) is 29.7 Å². The fraction of sp³-hybridized carbons (Fsp3) is 0.487. The summed E-state index contributed by atoms with van der Waals surface area (Å²) in [6.07, 6.45) is 0.0849.